The largest absolute Gasteiger partial charge is 0.485 e. The zero-order valence-corrected chi connectivity index (χ0v) is 12.4. The quantitative estimate of drug-likeness (QED) is 0.791. The van der Waals surface area contributed by atoms with Crippen LogP contribution in [0.2, 0.25) is 0 Å². The van der Waals surface area contributed by atoms with Crippen LogP contribution < -0.4 is 10.2 Å². The molecule has 0 aliphatic rings. The van der Waals surface area contributed by atoms with Crippen LogP contribution in [0, 0.1) is 0 Å². The van der Waals surface area contributed by atoms with Crippen molar-refractivity contribution in [3.05, 3.63) is 64.1 Å². The fraction of sp³-hybridized carbons (Fsp3) is 0.312. The molecule has 0 bridgehead atoms. The number of hydrogen-bond acceptors (Lipinski definition) is 2. The zero-order chi connectivity index (χ0) is 14.5. The molecule has 0 fully saturated rings. The predicted molar refractivity (Wildman–Crippen MR) is 81.6 cm³/mol. The van der Waals surface area contributed by atoms with Gasteiger partial charge in [0, 0.05) is 18.3 Å². The molecule has 1 aromatic carbocycles. The SMILES string of the molecule is CC(C)Oc1cn(Cc2ccccc2)c(CCl)cc1=O. The normalized spacial score (nSPS) is 10.8. The molecular weight excluding hydrogens is 274 g/mol. The topological polar surface area (TPSA) is 31.2 Å². The maximum absolute atomic E-state index is 11.9. The molecule has 1 heterocycles. The molecule has 0 atom stereocenters. The molecule has 0 saturated carbocycles. The van der Waals surface area contributed by atoms with Gasteiger partial charge in [-0.15, -0.1) is 11.6 Å². The molecule has 0 spiro atoms. The van der Waals surface area contributed by atoms with E-state index >= 15 is 0 Å². The maximum atomic E-state index is 11.9. The summed E-state index contributed by atoms with van der Waals surface area (Å²) in [5.74, 6) is 0.661. The molecule has 106 valence electrons. The van der Waals surface area contributed by atoms with E-state index in [1.807, 2.05) is 48.7 Å². The maximum Gasteiger partial charge on any atom is 0.223 e. The van der Waals surface area contributed by atoms with Crippen molar-refractivity contribution in [2.24, 2.45) is 0 Å². The van der Waals surface area contributed by atoms with E-state index in [9.17, 15) is 4.79 Å². The number of nitrogens with zero attached hydrogens (tertiary/aromatic N) is 1. The minimum atomic E-state index is -0.126. The molecule has 0 radical (unpaired) electrons. The summed E-state index contributed by atoms with van der Waals surface area (Å²) in [6, 6.07) is 11.6. The number of halogens is 1. The Hall–Kier alpha value is -1.74. The number of rotatable bonds is 5. The van der Waals surface area contributed by atoms with E-state index in [4.69, 9.17) is 16.3 Å². The summed E-state index contributed by atoms with van der Waals surface area (Å²) < 4.78 is 7.51. The molecule has 0 amide bonds. The average Bonchev–Trinajstić information content (AvgIpc) is 2.43. The van der Waals surface area contributed by atoms with E-state index in [0.717, 1.165) is 11.3 Å². The lowest BCUT2D eigenvalue weighted by Crippen LogP contribution is -2.18. The average molecular weight is 292 g/mol. The highest BCUT2D eigenvalue weighted by atomic mass is 35.5. The number of aromatic nitrogens is 1. The van der Waals surface area contributed by atoms with Gasteiger partial charge in [-0.05, 0) is 19.4 Å². The number of pyridine rings is 1. The second kappa shape index (κ2) is 6.62. The monoisotopic (exact) mass is 291 g/mol. The van der Waals surface area contributed by atoms with Crippen LogP contribution in [-0.4, -0.2) is 10.7 Å². The van der Waals surface area contributed by atoms with Crippen LogP contribution in [-0.2, 0) is 12.4 Å². The van der Waals surface area contributed by atoms with Gasteiger partial charge < -0.3 is 9.30 Å². The zero-order valence-electron chi connectivity index (χ0n) is 11.7. The highest BCUT2D eigenvalue weighted by Crippen LogP contribution is 2.13. The molecular formula is C16H18ClNO2. The van der Waals surface area contributed by atoms with Gasteiger partial charge in [-0.25, -0.2) is 0 Å². The van der Waals surface area contributed by atoms with E-state index < -0.39 is 0 Å². The second-order valence-corrected chi connectivity index (χ2v) is 5.17. The first kappa shape index (κ1) is 14.7. The van der Waals surface area contributed by atoms with Crippen molar-refractivity contribution in [2.45, 2.75) is 32.4 Å². The Morgan fingerprint density at radius 2 is 1.95 bits per heavy atom. The van der Waals surface area contributed by atoms with Gasteiger partial charge in [-0.1, -0.05) is 30.3 Å². The molecule has 2 aromatic rings. The van der Waals surface area contributed by atoms with Gasteiger partial charge in [0.2, 0.25) is 5.43 Å². The number of benzene rings is 1. The number of ether oxygens (including phenoxy) is 1. The molecule has 0 aliphatic heterocycles. The Labute approximate surface area is 123 Å². The van der Waals surface area contributed by atoms with Crippen molar-refractivity contribution in [1.29, 1.82) is 0 Å². The third-order valence-corrected chi connectivity index (χ3v) is 3.15. The molecule has 0 saturated heterocycles. The first-order valence-electron chi connectivity index (χ1n) is 6.60. The number of alkyl halides is 1. The summed E-state index contributed by atoms with van der Waals surface area (Å²) in [6.07, 6.45) is 1.71. The van der Waals surface area contributed by atoms with Crippen LogP contribution in [0.4, 0.5) is 0 Å². The second-order valence-electron chi connectivity index (χ2n) is 4.91. The highest BCUT2D eigenvalue weighted by Gasteiger charge is 2.09. The summed E-state index contributed by atoms with van der Waals surface area (Å²) in [5.41, 5.74) is 1.81. The molecule has 0 aliphatic carbocycles. The Bertz CT molecular complexity index is 620. The van der Waals surface area contributed by atoms with Gasteiger partial charge in [-0.3, -0.25) is 4.79 Å². The fourth-order valence-corrected chi connectivity index (χ4v) is 2.21. The van der Waals surface area contributed by atoms with Gasteiger partial charge in [0.25, 0.3) is 0 Å². The first-order valence-corrected chi connectivity index (χ1v) is 7.13. The fourth-order valence-electron chi connectivity index (χ4n) is 1.98. The smallest absolute Gasteiger partial charge is 0.223 e. The summed E-state index contributed by atoms with van der Waals surface area (Å²) in [5, 5.41) is 0. The van der Waals surface area contributed by atoms with E-state index in [2.05, 4.69) is 0 Å². The molecule has 3 nitrogen and oxygen atoms in total. The lowest BCUT2D eigenvalue weighted by molar-refractivity contribution is 0.238. The van der Waals surface area contributed by atoms with Crippen molar-refractivity contribution in [3.8, 4) is 5.75 Å². The molecule has 4 heteroatoms. The van der Waals surface area contributed by atoms with E-state index in [0.29, 0.717) is 18.2 Å². The lowest BCUT2D eigenvalue weighted by atomic mass is 10.2. The third-order valence-electron chi connectivity index (χ3n) is 2.88. The van der Waals surface area contributed by atoms with Crippen LogP contribution in [0.25, 0.3) is 0 Å². The first-order chi connectivity index (χ1) is 9.60. The van der Waals surface area contributed by atoms with Crippen LogP contribution in [0.3, 0.4) is 0 Å². The van der Waals surface area contributed by atoms with Crippen molar-refractivity contribution in [1.82, 2.24) is 4.57 Å². The van der Waals surface area contributed by atoms with Crippen LogP contribution >= 0.6 is 11.6 Å². The summed E-state index contributed by atoms with van der Waals surface area (Å²) in [6.45, 7) is 4.46. The van der Waals surface area contributed by atoms with E-state index in [1.54, 1.807) is 12.3 Å². The van der Waals surface area contributed by atoms with Crippen molar-refractivity contribution < 1.29 is 4.74 Å². The Kier molecular flexibility index (Phi) is 4.85. The minimum absolute atomic E-state index is 0.0327. The summed E-state index contributed by atoms with van der Waals surface area (Å²) >= 11 is 5.93. The number of hydrogen-bond donors (Lipinski definition) is 0. The van der Waals surface area contributed by atoms with Gasteiger partial charge in [0.15, 0.2) is 5.75 Å². The minimum Gasteiger partial charge on any atom is -0.485 e. The molecule has 2 rings (SSSR count). The molecule has 20 heavy (non-hydrogen) atoms. The Morgan fingerprint density at radius 1 is 1.25 bits per heavy atom. The van der Waals surface area contributed by atoms with Crippen LogP contribution in [0.5, 0.6) is 5.75 Å². The molecule has 0 unspecified atom stereocenters. The van der Waals surface area contributed by atoms with Gasteiger partial charge >= 0.3 is 0 Å². The Morgan fingerprint density at radius 3 is 2.55 bits per heavy atom. The van der Waals surface area contributed by atoms with Crippen molar-refractivity contribution in [2.75, 3.05) is 0 Å². The van der Waals surface area contributed by atoms with Crippen LogP contribution in [0.1, 0.15) is 25.1 Å². The lowest BCUT2D eigenvalue weighted by Gasteiger charge is -2.15. The molecule has 0 N–H and O–H groups in total. The molecule has 1 aromatic heterocycles. The van der Waals surface area contributed by atoms with Gasteiger partial charge in [-0.2, -0.15) is 0 Å². The standard InChI is InChI=1S/C16H18ClNO2/c1-12(2)20-16-11-18(14(9-17)8-15(16)19)10-13-6-4-3-5-7-13/h3-8,11-12H,9-10H2,1-2H3. The summed E-state index contributed by atoms with van der Waals surface area (Å²) in [7, 11) is 0. The van der Waals surface area contributed by atoms with Crippen molar-refractivity contribution >= 4 is 11.6 Å². The van der Waals surface area contributed by atoms with Crippen molar-refractivity contribution in [3.63, 3.8) is 0 Å². The van der Waals surface area contributed by atoms with Gasteiger partial charge in [0.1, 0.15) is 0 Å². The van der Waals surface area contributed by atoms with E-state index in [-0.39, 0.29) is 11.5 Å². The predicted octanol–water partition coefficient (Wildman–Crippen LogP) is 3.42. The summed E-state index contributed by atoms with van der Waals surface area (Å²) in [4.78, 5) is 11.9. The highest BCUT2D eigenvalue weighted by molar-refractivity contribution is 6.16. The Balaban J connectivity index is 2.37. The van der Waals surface area contributed by atoms with Gasteiger partial charge in [0.05, 0.1) is 18.2 Å². The third kappa shape index (κ3) is 3.64. The van der Waals surface area contributed by atoms with E-state index in [1.165, 1.54) is 0 Å². The van der Waals surface area contributed by atoms with Crippen LogP contribution in [0.15, 0.2) is 47.4 Å².